The first-order chi connectivity index (χ1) is 8.65. The molecule has 0 saturated heterocycles. The predicted octanol–water partition coefficient (Wildman–Crippen LogP) is 3.28. The molecule has 0 fully saturated rings. The third-order valence-corrected chi connectivity index (χ3v) is 3.08. The van der Waals surface area contributed by atoms with E-state index in [4.69, 9.17) is 15.2 Å². The van der Waals surface area contributed by atoms with E-state index in [1.54, 1.807) is 0 Å². The van der Waals surface area contributed by atoms with Crippen LogP contribution in [0, 0.1) is 0 Å². The maximum atomic E-state index is 5.97. The highest BCUT2D eigenvalue weighted by Gasteiger charge is 2.16. The highest BCUT2D eigenvalue weighted by molar-refractivity contribution is 9.10. The molecule has 1 aromatic carbocycles. The van der Waals surface area contributed by atoms with E-state index in [-0.39, 0.29) is 12.1 Å². The second kappa shape index (κ2) is 8.64. The number of benzene rings is 1. The SMILES string of the molecule is CCCOCCOC(c1ccc(Br)cc1)C(C)N. The van der Waals surface area contributed by atoms with Crippen LogP contribution >= 0.6 is 15.9 Å². The van der Waals surface area contributed by atoms with Gasteiger partial charge in [0.05, 0.1) is 19.3 Å². The summed E-state index contributed by atoms with van der Waals surface area (Å²) in [7, 11) is 0. The number of rotatable bonds is 8. The molecule has 102 valence electrons. The van der Waals surface area contributed by atoms with Crippen molar-refractivity contribution < 1.29 is 9.47 Å². The van der Waals surface area contributed by atoms with Crippen LogP contribution in [-0.2, 0) is 9.47 Å². The summed E-state index contributed by atoms with van der Waals surface area (Å²) in [5.74, 6) is 0. The molecular formula is C14H22BrNO2. The van der Waals surface area contributed by atoms with Crippen LogP contribution in [0.4, 0.5) is 0 Å². The van der Waals surface area contributed by atoms with Gasteiger partial charge in [-0.25, -0.2) is 0 Å². The highest BCUT2D eigenvalue weighted by Crippen LogP contribution is 2.22. The maximum Gasteiger partial charge on any atom is 0.0974 e. The minimum absolute atomic E-state index is 0.0441. The molecule has 0 bridgehead atoms. The lowest BCUT2D eigenvalue weighted by Crippen LogP contribution is -2.28. The lowest BCUT2D eigenvalue weighted by atomic mass is 10.0. The third-order valence-electron chi connectivity index (χ3n) is 2.55. The molecule has 0 amide bonds. The molecule has 0 spiro atoms. The minimum Gasteiger partial charge on any atom is -0.379 e. The van der Waals surface area contributed by atoms with E-state index in [2.05, 4.69) is 22.9 Å². The van der Waals surface area contributed by atoms with Crippen LogP contribution in [0.2, 0.25) is 0 Å². The van der Waals surface area contributed by atoms with Gasteiger partial charge in [-0.3, -0.25) is 0 Å². The normalized spacial score (nSPS) is 14.4. The van der Waals surface area contributed by atoms with Gasteiger partial charge in [0.1, 0.15) is 0 Å². The molecule has 0 saturated carbocycles. The van der Waals surface area contributed by atoms with E-state index in [1.165, 1.54) is 0 Å². The maximum absolute atomic E-state index is 5.97. The van der Waals surface area contributed by atoms with Crippen molar-refractivity contribution in [3.05, 3.63) is 34.3 Å². The van der Waals surface area contributed by atoms with E-state index in [1.807, 2.05) is 31.2 Å². The van der Waals surface area contributed by atoms with E-state index in [9.17, 15) is 0 Å². The Labute approximate surface area is 118 Å². The Morgan fingerprint density at radius 2 is 1.83 bits per heavy atom. The Balaban J connectivity index is 2.47. The zero-order valence-corrected chi connectivity index (χ0v) is 12.7. The van der Waals surface area contributed by atoms with Crippen LogP contribution in [0.3, 0.4) is 0 Å². The van der Waals surface area contributed by atoms with Gasteiger partial charge in [-0.05, 0) is 31.0 Å². The molecule has 0 heterocycles. The Hall–Kier alpha value is -0.420. The lowest BCUT2D eigenvalue weighted by molar-refractivity contribution is -0.00471. The number of hydrogen-bond donors (Lipinski definition) is 1. The molecule has 18 heavy (non-hydrogen) atoms. The summed E-state index contributed by atoms with van der Waals surface area (Å²) in [6.45, 7) is 6.02. The summed E-state index contributed by atoms with van der Waals surface area (Å²) >= 11 is 3.42. The van der Waals surface area contributed by atoms with Crippen LogP contribution in [0.5, 0.6) is 0 Å². The van der Waals surface area contributed by atoms with Crippen LogP contribution in [0.25, 0.3) is 0 Å². The van der Waals surface area contributed by atoms with Crippen LogP contribution in [0.15, 0.2) is 28.7 Å². The Kier molecular flexibility index (Phi) is 7.51. The van der Waals surface area contributed by atoms with Crippen LogP contribution in [0.1, 0.15) is 31.9 Å². The summed E-state index contributed by atoms with van der Waals surface area (Å²) < 4.78 is 12.3. The summed E-state index contributed by atoms with van der Waals surface area (Å²) in [5.41, 5.74) is 7.07. The zero-order valence-electron chi connectivity index (χ0n) is 11.1. The second-order valence-electron chi connectivity index (χ2n) is 4.31. The highest BCUT2D eigenvalue weighted by atomic mass is 79.9. The molecule has 0 aromatic heterocycles. The molecule has 1 rings (SSSR count). The standard InChI is InChI=1S/C14H22BrNO2/c1-3-8-17-9-10-18-14(11(2)16)12-4-6-13(15)7-5-12/h4-7,11,14H,3,8-10,16H2,1-2H3. The molecule has 2 N–H and O–H groups in total. The van der Waals surface area contributed by atoms with Crippen molar-refractivity contribution in [3.63, 3.8) is 0 Å². The molecule has 0 radical (unpaired) electrons. The molecule has 1 aromatic rings. The predicted molar refractivity (Wildman–Crippen MR) is 77.6 cm³/mol. The summed E-state index contributed by atoms with van der Waals surface area (Å²) in [5, 5.41) is 0. The molecular weight excluding hydrogens is 294 g/mol. The fourth-order valence-electron chi connectivity index (χ4n) is 1.68. The first-order valence-electron chi connectivity index (χ1n) is 6.35. The van der Waals surface area contributed by atoms with Gasteiger partial charge in [-0.1, -0.05) is 35.0 Å². The van der Waals surface area contributed by atoms with E-state index < -0.39 is 0 Å². The summed E-state index contributed by atoms with van der Waals surface area (Å²) in [6, 6.07) is 8.02. The number of nitrogens with two attached hydrogens (primary N) is 1. The largest absolute Gasteiger partial charge is 0.379 e. The Morgan fingerprint density at radius 1 is 1.17 bits per heavy atom. The van der Waals surface area contributed by atoms with E-state index in [0.717, 1.165) is 23.1 Å². The van der Waals surface area contributed by atoms with E-state index >= 15 is 0 Å². The summed E-state index contributed by atoms with van der Waals surface area (Å²) in [6.07, 6.45) is 0.951. The van der Waals surface area contributed by atoms with Gasteiger partial charge in [0.2, 0.25) is 0 Å². The second-order valence-corrected chi connectivity index (χ2v) is 5.23. The van der Waals surface area contributed by atoms with Crippen LogP contribution in [-0.4, -0.2) is 25.9 Å². The van der Waals surface area contributed by atoms with Crippen molar-refractivity contribution >= 4 is 15.9 Å². The number of halogens is 1. The average molecular weight is 316 g/mol. The van der Waals surface area contributed by atoms with Crippen molar-refractivity contribution in [2.24, 2.45) is 5.73 Å². The van der Waals surface area contributed by atoms with Crippen LogP contribution < -0.4 is 5.73 Å². The zero-order chi connectivity index (χ0) is 13.4. The number of hydrogen-bond acceptors (Lipinski definition) is 3. The average Bonchev–Trinajstić information content (AvgIpc) is 2.35. The Morgan fingerprint density at radius 3 is 2.39 bits per heavy atom. The van der Waals surface area contributed by atoms with Crippen molar-refractivity contribution in [2.75, 3.05) is 19.8 Å². The molecule has 4 heteroatoms. The molecule has 3 nitrogen and oxygen atoms in total. The smallest absolute Gasteiger partial charge is 0.0974 e. The first kappa shape index (κ1) is 15.6. The van der Waals surface area contributed by atoms with Gasteiger partial charge < -0.3 is 15.2 Å². The monoisotopic (exact) mass is 315 g/mol. The minimum atomic E-state index is -0.0803. The van der Waals surface area contributed by atoms with Gasteiger partial charge in [-0.2, -0.15) is 0 Å². The Bertz CT molecular complexity index is 327. The van der Waals surface area contributed by atoms with Gasteiger partial charge >= 0.3 is 0 Å². The van der Waals surface area contributed by atoms with Gasteiger partial charge in [-0.15, -0.1) is 0 Å². The van der Waals surface area contributed by atoms with Crippen molar-refractivity contribution in [3.8, 4) is 0 Å². The van der Waals surface area contributed by atoms with Gasteiger partial charge in [0.25, 0.3) is 0 Å². The lowest BCUT2D eigenvalue weighted by Gasteiger charge is -2.22. The van der Waals surface area contributed by atoms with Gasteiger partial charge in [0, 0.05) is 17.1 Å². The molecule has 2 unspecified atom stereocenters. The fraction of sp³-hybridized carbons (Fsp3) is 0.571. The first-order valence-corrected chi connectivity index (χ1v) is 7.14. The fourth-order valence-corrected chi connectivity index (χ4v) is 1.95. The molecule has 0 aliphatic heterocycles. The molecule has 0 aliphatic carbocycles. The molecule has 0 aliphatic rings. The van der Waals surface area contributed by atoms with Crippen molar-refractivity contribution in [1.29, 1.82) is 0 Å². The van der Waals surface area contributed by atoms with Crippen molar-refractivity contribution in [1.82, 2.24) is 0 Å². The van der Waals surface area contributed by atoms with E-state index in [0.29, 0.717) is 13.2 Å². The van der Waals surface area contributed by atoms with Crippen molar-refractivity contribution in [2.45, 2.75) is 32.4 Å². The third kappa shape index (κ3) is 5.48. The summed E-state index contributed by atoms with van der Waals surface area (Å²) in [4.78, 5) is 0. The molecule has 2 atom stereocenters. The number of ether oxygens (including phenoxy) is 2. The quantitative estimate of drug-likeness (QED) is 0.749. The van der Waals surface area contributed by atoms with Gasteiger partial charge in [0.15, 0.2) is 0 Å². The topological polar surface area (TPSA) is 44.5 Å².